The fourth-order valence-corrected chi connectivity index (χ4v) is 5.54. The first kappa shape index (κ1) is 22.5. The van der Waals surface area contributed by atoms with Gasteiger partial charge in [0, 0.05) is 29.9 Å². The summed E-state index contributed by atoms with van der Waals surface area (Å²) in [5.41, 5.74) is 5.39. The number of rotatable bonds is 5. The van der Waals surface area contributed by atoms with Gasteiger partial charge in [-0.1, -0.05) is 26.0 Å². The summed E-state index contributed by atoms with van der Waals surface area (Å²) in [6, 6.07) is 10.3. The van der Waals surface area contributed by atoms with E-state index in [1.165, 1.54) is 16.9 Å². The second-order valence-corrected chi connectivity index (χ2v) is 10.2. The molecule has 1 fully saturated rings. The van der Waals surface area contributed by atoms with E-state index in [4.69, 9.17) is 5.10 Å². The van der Waals surface area contributed by atoms with E-state index in [1.807, 2.05) is 34.9 Å². The molecule has 1 aliphatic heterocycles. The van der Waals surface area contributed by atoms with Gasteiger partial charge in [-0.05, 0) is 56.4 Å². The maximum absolute atomic E-state index is 13.7. The fourth-order valence-electron chi connectivity index (χ4n) is 4.62. The Hall–Kier alpha value is -3.26. The molecule has 0 atom stereocenters. The van der Waals surface area contributed by atoms with E-state index in [1.54, 1.807) is 4.40 Å². The Labute approximate surface area is 202 Å². The molecule has 0 spiro atoms. The predicted molar refractivity (Wildman–Crippen MR) is 135 cm³/mol. The molecule has 7 nitrogen and oxygen atoms in total. The van der Waals surface area contributed by atoms with Gasteiger partial charge in [-0.25, -0.2) is 9.67 Å². The zero-order chi connectivity index (χ0) is 24.0. The van der Waals surface area contributed by atoms with Crippen LogP contribution in [0.1, 0.15) is 55.3 Å². The molecule has 3 aromatic heterocycles. The number of hydrogen-bond acceptors (Lipinski definition) is 5. The summed E-state index contributed by atoms with van der Waals surface area (Å²) < 4.78 is 3.45. The van der Waals surface area contributed by atoms with Crippen LogP contribution in [0.5, 0.6) is 0 Å². The van der Waals surface area contributed by atoms with Crippen LogP contribution in [0.4, 0.5) is 0 Å². The first-order valence-corrected chi connectivity index (χ1v) is 12.7. The van der Waals surface area contributed by atoms with E-state index in [0.717, 1.165) is 37.3 Å². The van der Waals surface area contributed by atoms with Gasteiger partial charge in [0.05, 0.1) is 23.4 Å². The lowest BCUT2D eigenvalue weighted by molar-refractivity contribution is -0.129. The van der Waals surface area contributed by atoms with Crippen LogP contribution in [0, 0.1) is 13.8 Å². The molecule has 0 bridgehead atoms. The van der Waals surface area contributed by atoms with Gasteiger partial charge in [0.25, 0.3) is 5.56 Å². The number of fused-ring (bicyclic) bond motifs is 1. The van der Waals surface area contributed by atoms with Crippen molar-refractivity contribution in [3.05, 3.63) is 68.7 Å². The van der Waals surface area contributed by atoms with Crippen LogP contribution >= 0.6 is 11.3 Å². The third kappa shape index (κ3) is 3.96. The van der Waals surface area contributed by atoms with E-state index >= 15 is 0 Å². The zero-order valence-corrected chi connectivity index (χ0v) is 20.9. The summed E-state index contributed by atoms with van der Waals surface area (Å²) in [6.07, 6.45) is 2.30. The number of amides is 1. The van der Waals surface area contributed by atoms with Crippen LogP contribution in [0.15, 0.2) is 40.5 Å². The summed E-state index contributed by atoms with van der Waals surface area (Å²) >= 11 is 1.39. The van der Waals surface area contributed by atoms with Gasteiger partial charge >= 0.3 is 0 Å². The van der Waals surface area contributed by atoms with Crippen LogP contribution in [0.3, 0.4) is 0 Å². The average Bonchev–Trinajstić information content (AvgIpc) is 3.55. The summed E-state index contributed by atoms with van der Waals surface area (Å²) in [7, 11) is 0. The number of thiazole rings is 1. The van der Waals surface area contributed by atoms with Crippen molar-refractivity contribution < 1.29 is 4.79 Å². The Balaban J connectivity index is 1.54. The topological polar surface area (TPSA) is 72.5 Å². The molecular weight excluding hydrogens is 446 g/mol. The molecule has 34 heavy (non-hydrogen) atoms. The molecule has 0 unspecified atom stereocenters. The van der Waals surface area contributed by atoms with Gasteiger partial charge in [-0.2, -0.15) is 5.10 Å². The molecule has 0 radical (unpaired) electrons. The Morgan fingerprint density at radius 2 is 1.82 bits per heavy atom. The second-order valence-electron chi connectivity index (χ2n) is 9.32. The number of carbonyl (C=O) groups is 1. The highest BCUT2D eigenvalue weighted by atomic mass is 32.1. The highest BCUT2D eigenvalue weighted by Crippen LogP contribution is 2.25. The Kier molecular flexibility index (Phi) is 5.85. The van der Waals surface area contributed by atoms with Gasteiger partial charge in [0.1, 0.15) is 5.69 Å². The molecule has 0 saturated carbocycles. The largest absolute Gasteiger partial charge is 0.342 e. The Bertz CT molecular complexity index is 1420. The number of hydrogen-bond donors (Lipinski definition) is 0. The highest BCUT2D eigenvalue weighted by Gasteiger charge is 2.23. The van der Waals surface area contributed by atoms with Crippen molar-refractivity contribution in [1.82, 2.24) is 24.1 Å². The van der Waals surface area contributed by atoms with Crippen molar-refractivity contribution in [2.75, 3.05) is 13.1 Å². The molecule has 176 valence electrons. The number of aryl methyl sites for hydroxylation is 2. The van der Waals surface area contributed by atoms with Gasteiger partial charge < -0.3 is 4.90 Å². The first-order chi connectivity index (χ1) is 16.3. The van der Waals surface area contributed by atoms with E-state index < -0.39 is 0 Å². The first-order valence-electron chi connectivity index (χ1n) is 11.8. The highest BCUT2D eigenvalue weighted by molar-refractivity contribution is 7.15. The zero-order valence-electron chi connectivity index (χ0n) is 20.0. The third-order valence-corrected chi connectivity index (χ3v) is 7.43. The quantitative estimate of drug-likeness (QED) is 0.426. The number of benzene rings is 1. The average molecular weight is 476 g/mol. The van der Waals surface area contributed by atoms with Crippen molar-refractivity contribution >= 4 is 22.2 Å². The molecule has 1 amide bonds. The number of carbonyl (C=O) groups excluding carboxylic acids is 1. The molecule has 0 aliphatic carbocycles. The minimum absolute atomic E-state index is 0.0659. The Morgan fingerprint density at radius 3 is 2.50 bits per heavy atom. The predicted octanol–water partition coefficient (Wildman–Crippen LogP) is 4.51. The van der Waals surface area contributed by atoms with Crippen LogP contribution in [-0.2, 0) is 11.2 Å². The lowest BCUT2D eigenvalue weighted by Crippen LogP contribution is -2.30. The number of aromatic nitrogens is 4. The lowest BCUT2D eigenvalue weighted by Gasteiger charge is -2.14. The van der Waals surface area contributed by atoms with Crippen molar-refractivity contribution in [3.63, 3.8) is 0 Å². The maximum Gasteiger partial charge on any atom is 0.268 e. The normalized spacial score (nSPS) is 14.0. The maximum atomic E-state index is 13.7. The van der Waals surface area contributed by atoms with Crippen molar-refractivity contribution in [2.24, 2.45) is 0 Å². The summed E-state index contributed by atoms with van der Waals surface area (Å²) in [4.78, 5) is 33.6. The van der Waals surface area contributed by atoms with Crippen molar-refractivity contribution in [2.45, 2.75) is 52.9 Å². The molecule has 1 aliphatic rings. The van der Waals surface area contributed by atoms with Gasteiger partial charge in [-0.3, -0.25) is 14.0 Å². The van der Waals surface area contributed by atoms with Crippen LogP contribution < -0.4 is 5.56 Å². The van der Waals surface area contributed by atoms with E-state index in [0.29, 0.717) is 33.5 Å². The molecule has 1 aromatic carbocycles. The SMILES string of the molecule is Cc1nc2scc(CC(=O)N3CCCC3)n2c(=O)c1-c1cc(C)n(-c2ccc(C(C)C)cc2)n1. The van der Waals surface area contributed by atoms with Crippen molar-refractivity contribution in [1.29, 1.82) is 0 Å². The smallest absolute Gasteiger partial charge is 0.268 e. The van der Waals surface area contributed by atoms with Crippen molar-refractivity contribution in [3.8, 4) is 16.9 Å². The van der Waals surface area contributed by atoms with Gasteiger partial charge in [0.2, 0.25) is 5.91 Å². The van der Waals surface area contributed by atoms with Gasteiger partial charge in [0.15, 0.2) is 4.96 Å². The van der Waals surface area contributed by atoms with Crippen LogP contribution in [0.2, 0.25) is 0 Å². The summed E-state index contributed by atoms with van der Waals surface area (Å²) in [5.74, 6) is 0.525. The van der Waals surface area contributed by atoms with E-state index in [9.17, 15) is 9.59 Å². The third-order valence-electron chi connectivity index (χ3n) is 6.56. The lowest BCUT2D eigenvalue weighted by atomic mass is 10.0. The number of nitrogens with zero attached hydrogens (tertiary/aromatic N) is 5. The number of likely N-dealkylation sites (tertiary alicyclic amines) is 1. The van der Waals surface area contributed by atoms with Crippen LogP contribution in [0.25, 0.3) is 21.9 Å². The van der Waals surface area contributed by atoms with E-state index in [-0.39, 0.29) is 17.9 Å². The molecule has 0 N–H and O–H groups in total. The van der Waals surface area contributed by atoms with Gasteiger partial charge in [-0.15, -0.1) is 11.3 Å². The standard InChI is InChI=1S/C26H29N5O2S/c1-16(2)19-7-9-20(10-8-19)31-17(3)13-22(28-31)24-18(4)27-26-30(25(24)33)21(15-34-26)14-23(32)29-11-5-6-12-29/h7-10,13,15-16H,5-6,11-12,14H2,1-4H3. The summed E-state index contributed by atoms with van der Waals surface area (Å²) in [6.45, 7) is 9.76. The molecule has 5 rings (SSSR count). The van der Waals surface area contributed by atoms with E-state index in [2.05, 4.69) is 43.1 Å². The molecule has 1 saturated heterocycles. The minimum atomic E-state index is -0.173. The monoisotopic (exact) mass is 475 g/mol. The molecule has 4 aromatic rings. The molecular formula is C26H29N5O2S. The second kappa shape index (κ2) is 8.83. The molecule has 8 heteroatoms. The molecule has 4 heterocycles. The van der Waals surface area contributed by atoms with Crippen LogP contribution in [-0.4, -0.2) is 43.1 Å². The fraction of sp³-hybridized carbons (Fsp3) is 0.385. The summed E-state index contributed by atoms with van der Waals surface area (Å²) in [5, 5.41) is 6.66. The minimum Gasteiger partial charge on any atom is -0.342 e. The Morgan fingerprint density at radius 1 is 1.12 bits per heavy atom.